The number of carbonyl (C=O) groups excluding carboxylic acids is 3. The van der Waals surface area contributed by atoms with E-state index in [2.05, 4.69) is 0 Å². The van der Waals surface area contributed by atoms with Crippen molar-refractivity contribution in [2.24, 2.45) is 11.5 Å². The highest BCUT2D eigenvalue weighted by Gasteiger charge is 2.30. The van der Waals surface area contributed by atoms with Crippen LogP contribution in [0.1, 0.15) is 26.3 Å². The van der Waals surface area contributed by atoms with Crippen LogP contribution in [-0.4, -0.2) is 59.4 Å². The van der Waals surface area contributed by atoms with E-state index in [9.17, 15) is 19.5 Å². The molecule has 9 nitrogen and oxygen atoms in total. The molecule has 0 spiro atoms. The first-order chi connectivity index (χ1) is 11.6. The van der Waals surface area contributed by atoms with Gasteiger partial charge in [-0.3, -0.25) is 14.4 Å². The summed E-state index contributed by atoms with van der Waals surface area (Å²) in [6.07, 6.45) is -1.42. The van der Waals surface area contributed by atoms with Crippen LogP contribution in [0.25, 0.3) is 0 Å². The summed E-state index contributed by atoms with van der Waals surface area (Å²) >= 11 is 3.54. The number of anilines is 1. The second-order valence-electron chi connectivity index (χ2n) is 5.09. The zero-order chi connectivity index (χ0) is 19.5. The van der Waals surface area contributed by atoms with Gasteiger partial charge in [-0.25, -0.2) is 0 Å². The molecule has 1 unspecified atom stereocenters. The Morgan fingerprint density at radius 2 is 1.60 bits per heavy atom. The van der Waals surface area contributed by atoms with Crippen molar-refractivity contribution in [1.82, 2.24) is 0 Å². The van der Waals surface area contributed by atoms with Gasteiger partial charge in [-0.2, -0.15) is 0 Å². The molecule has 25 heavy (non-hydrogen) atoms. The normalized spacial score (nSPS) is 11.9. The molecule has 1 rings (SSSR count). The second kappa shape index (κ2) is 9.07. The molecule has 1 aromatic carbocycles. The minimum absolute atomic E-state index is 0.00447. The van der Waals surface area contributed by atoms with Crippen molar-refractivity contribution in [2.45, 2.75) is 12.5 Å². The molecular formula is C14H17I2N3O6. The summed E-state index contributed by atoms with van der Waals surface area (Å²) in [5.74, 6) is -2.41. The van der Waals surface area contributed by atoms with Crippen LogP contribution in [0.4, 0.5) is 5.69 Å². The minimum atomic E-state index is -1.22. The Labute approximate surface area is 170 Å². The van der Waals surface area contributed by atoms with E-state index in [1.54, 1.807) is 45.2 Å². The molecule has 0 aromatic heterocycles. The lowest BCUT2D eigenvalue weighted by atomic mass is 9.95. The summed E-state index contributed by atoms with van der Waals surface area (Å²) in [5.41, 5.74) is 11.1. The number of aliphatic hydroxyl groups is 3. The molecule has 7 N–H and O–H groups in total. The van der Waals surface area contributed by atoms with Gasteiger partial charge in [0.1, 0.15) is 6.61 Å². The van der Waals surface area contributed by atoms with Crippen molar-refractivity contribution < 1.29 is 29.7 Å². The Kier molecular flexibility index (Phi) is 7.98. The molecule has 0 aliphatic rings. The molecule has 0 saturated carbocycles. The van der Waals surface area contributed by atoms with Crippen LogP contribution in [0.5, 0.6) is 0 Å². The Balaban J connectivity index is 3.94. The van der Waals surface area contributed by atoms with E-state index < -0.39 is 37.0 Å². The first-order valence-corrected chi connectivity index (χ1v) is 9.03. The van der Waals surface area contributed by atoms with Crippen LogP contribution in [0.15, 0.2) is 0 Å². The molecule has 0 bridgehead atoms. The number of likely N-dealkylation sites (N-methyl/N-ethyl adjacent to an activating group) is 1. The largest absolute Gasteiger partial charge is 0.394 e. The van der Waals surface area contributed by atoms with Crippen LogP contribution < -0.4 is 16.4 Å². The van der Waals surface area contributed by atoms with E-state index >= 15 is 0 Å². The molecule has 1 aromatic rings. The fraction of sp³-hybridized carbons (Fsp3) is 0.357. The van der Waals surface area contributed by atoms with E-state index in [-0.39, 0.29) is 35.9 Å². The first-order valence-electron chi connectivity index (χ1n) is 6.88. The SMILES string of the molecule is CN(C(=O)CO)c1c(I)c(C(N)=O)c(I)c(C(N)=O)c1CC(O)CO. The van der Waals surface area contributed by atoms with E-state index in [0.717, 1.165) is 4.90 Å². The zero-order valence-electron chi connectivity index (χ0n) is 13.1. The fourth-order valence-electron chi connectivity index (χ4n) is 2.28. The lowest BCUT2D eigenvalue weighted by Gasteiger charge is -2.26. The number of hydrogen-bond acceptors (Lipinski definition) is 6. The molecule has 11 heteroatoms. The Hall–Kier alpha value is -1.03. The maximum Gasteiger partial charge on any atom is 0.252 e. The summed E-state index contributed by atoms with van der Waals surface area (Å²) in [5, 5.41) is 28.1. The van der Waals surface area contributed by atoms with E-state index in [1.807, 2.05) is 0 Å². The molecule has 0 aliphatic heterocycles. The maximum absolute atomic E-state index is 12.0. The highest BCUT2D eigenvalue weighted by atomic mass is 127. The van der Waals surface area contributed by atoms with Gasteiger partial charge < -0.3 is 31.7 Å². The number of benzene rings is 1. The monoisotopic (exact) mass is 577 g/mol. The summed E-state index contributed by atoms with van der Waals surface area (Å²) in [4.78, 5) is 36.8. The fourth-order valence-corrected chi connectivity index (χ4v) is 5.14. The van der Waals surface area contributed by atoms with Crippen molar-refractivity contribution in [2.75, 3.05) is 25.2 Å². The number of carbonyl (C=O) groups is 3. The van der Waals surface area contributed by atoms with Gasteiger partial charge in [0.25, 0.3) is 11.8 Å². The van der Waals surface area contributed by atoms with Crippen LogP contribution in [0.2, 0.25) is 0 Å². The molecule has 138 valence electrons. The third-order valence-electron chi connectivity index (χ3n) is 3.44. The van der Waals surface area contributed by atoms with Crippen molar-refractivity contribution in [3.8, 4) is 0 Å². The molecule has 0 radical (unpaired) electrons. The molecule has 3 amide bonds. The third kappa shape index (κ3) is 4.58. The van der Waals surface area contributed by atoms with Crippen molar-refractivity contribution in [3.63, 3.8) is 0 Å². The Morgan fingerprint density at radius 3 is 2.00 bits per heavy atom. The summed E-state index contributed by atoms with van der Waals surface area (Å²) in [6, 6.07) is 0. The number of rotatable bonds is 7. The number of hydrogen-bond donors (Lipinski definition) is 5. The lowest BCUT2D eigenvalue weighted by molar-refractivity contribution is -0.121. The van der Waals surface area contributed by atoms with Crippen molar-refractivity contribution >= 4 is 68.6 Å². The molecule has 0 aliphatic carbocycles. The van der Waals surface area contributed by atoms with Gasteiger partial charge in [0.2, 0.25) is 5.91 Å². The van der Waals surface area contributed by atoms with E-state index in [4.69, 9.17) is 21.7 Å². The van der Waals surface area contributed by atoms with Crippen LogP contribution >= 0.6 is 45.2 Å². The van der Waals surface area contributed by atoms with Crippen LogP contribution in [-0.2, 0) is 11.2 Å². The highest BCUT2D eigenvalue weighted by Crippen LogP contribution is 2.37. The van der Waals surface area contributed by atoms with Gasteiger partial charge in [0.15, 0.2) is 0 Å². The molecule has 0 saturated heterocycles. The van der Waals surface area contributed by atoms with Gasteiger partial charge in [-0.05, 0) is 50.7 Å². The molecular weight excluding hydrogens is 560 g/mol. The predicted molar refractivity (Wildman–Crippen MR) is 106 cm³/mol. The summed E-state index contributed by atoms with van der Waals surface area (Å²) < 4.78 is 0.458. The van der Waals surface area contributed by atoms with Gasteiger partial charge in [0, 0.05) is 17.0 Å². The van der Waals surface area contributed by atoms with Crippen LogP contribution in [0.3, 0.4) is 0 Å². The van der Waals surface area contributed by atoms with Crippen molar-refractivity contribution in [1.29, 1.82) is 0 Å². The Bertz CT molecular complexity index is 725. The molecule has 0 fully saturated rings. The number of nitrogens with two attached hydrogens (primary N) is 2. The van der Waals surface area contributed by atoms with Gasteiger partial charge in [0.05, 0.1) is 33.1 Å². The molecule has 1 atom stereocenters. The zero-order valence-corrected chi connectivity index (χ0v) is 17.4. The number of halogens is 2. The topological polar surface area (TPSA) is 167 Å². The minimum Gasteiger partial charge on any atom is -0.394 e. The number of aliphatic hydroxyl groups excluding tert-OH is 3. The van der Waals surface area contributed by atoms with Gasteiger partial charge in [-0.1, -0.05) is 0 Å². The predicted octanol–water partition coefficient (Wildman–Crippen LogP) is -1.06. The second-order valence-corrected chi connectivity index (χ2v) is 7.24. The quantitative estimate of drug-likeness (QED) is 0.259. The van der Waals surface area contributed by atoms with E-state index in [1.165, 1.54) is 7.05 Å². The standard InChI is InChI=1S/C14H17I2N3O6/c1-19(7(23)4-21)12-6(2-5(22)3-20)8(13(17)24)10(15)9(11(12)16)14(18)25/h5,20-22H,2-4H2,1H3,(H2,17,24)(H2,18,25). The van der Waals surface area contributed by atoms with E-state index in [0.29, 0.717) is 0 Å². The van der Waals surface area contributed by atoms with Crippen molar-refractivity contribution in [3.05, 3.63) is 23.8 Å². The summed E-state index contributed by atoms with van der Waals surface area (Å²) in [6.45, 7) is -1.39. The molecule has 0 heterocycles. The maximum atomic E-state index is 12.0. The first kappa shape index (κ1) is 22.0. The number of amides is 3. The summed E-state index contributed by atoms with van der Waals surface area (Å²) in [7, 11) is 1.34. The van der Waals surface area contributed by atoms with Gasteiger partial charge in [-0.15, -0.1) is 0 Å². The van der Waals surface area contributed by atoms with Crippen LogP contribution in [0, 0.1) is 7.14 Å². The van der Waals surface area contributed by atoms with Gasteiger partial charge >= 0.3 is 0 Å². The third-order valence-corrected chi connectivity index (χ3v) is 5.57. The lowest BCUT2D eigenvalue weighted by Crippen LogP contribution is -2.34. The average Bonchev–Trinajstić information content (AvgIpc) is 2.52. The number of nitrogens with zero attached hydrogens (tertiary/aromatic N) is 1. The Morgan fingerprint density at radius 1 is 1.08 bits per heavy atom. The average molecular weight is 577 g/mol. The highest BCUT2D eigenvalue weighted by molar-refractivity contribution is 14.1. The smallest absolute Gasteiger partial charge is 0.252 e. The number of primary amides is 2.